The Morgan fingerprint density at radius 1 is 0.968 bits per heavy atom. The average molecular weight is 458 g/mol. The molecule has 7 nitrogen and oxygen atoms in total. The zero-order chi connectivity index (χ0) is 22.2. The van der Waals surface area contributed by atoms with Crippen LogP contribution in [0.4, 0.5) is 5.69 Å². The van der Waals surface area contributed by atoms with E-state index in [0.717, 1.165) is 9.92 Å². The van der Waals surface area contributed by atoms with Gasteiger partial charge in [-0.25, -0.2) is 9.97 Å². The topological polar surface area (TPSA) is 82.6 Å². The molecule has 0 atom stereocenters. The van der Waals surface area contributed by atoms with Crippen LogP contribution in [-0.4, -0.2) is 43.0 Å². The first-order valence-electron chi connectivity index (χ1n) is 9.32. The Hall–Kier alpha value is -2.91. The van der Waals surface area contributed by atoms with Crippen molar-refractivity contribution in [1.29, 1.82) is 0 Å². The van der Waals surface area contributed by atoms with Crippen molar-refractivity contribution in [2.75, 3.05) is 32.4 Å². The molecule has 3 rings (SSSR count). The molecule has 1 amide bonds. The predicted octanol–water partition coefficient (Wildman–Crippen LogP) is 4.69. The van der Waals surface area contributed by atoms with Gasteiger partial charge in [0.25, 0.3) is 0 Å². The molecule has 1 aromatic heterocycles. The summed E-state index contributed by atoms with van der Waals surface area (Å²) in [6.45, 7) is 2.05. The minimum Gasteiger partial charge on any atom is -0.493 e. The number of amides is 1. The van der Waals surface area contributed by atoms with Crippen molar-refractivity contribution < 1.29 is 19.0 Å². The van der Waals surface area contributed by atoms with E-state index in [1.807, 2.05) is 25.1 Å². The summed E-state index contributed by atoms with van der Waals surface area (Å²) in [7, 11) is 4.59. The van der Waals surface area contributed by atoms with Crippen LogP contribution in [0.2, 0.25) is 0 Å². The average Bonchev–Trinajstić information content (AvgIpc) is 2.77. The minimum absolute atomic E-state index is 0.177. The monoisotopic (exact) mass is 457 g/mol. The van der Waals surface area contributed by atoms with Gasteiger partial charge in [0.15, 0.2) is 11.5 Å². The van der Waals surface area contributed by atoms with Crippen LogP contribution in [0.15, 0.2) is 63.7 Å². The number of hydrogen-bond acceptors (Lipinski definition) is 8. The van der Waals surface area contributed by atoms with Crippen LogP contribution in [0.25, 0.3) is 0 Å². The van der Waals surface area contributed by atoms with E-state index in [0.29, 0.717) is 28.0 Å². The molecule has 31 heavy (non-hydrogen) atoms. The summed E-state index contributed by atoms with van der Waals surface area (Å²) in [6, 6.07) is 11.5. The number of nitrogens with one attached hydrogen (secondary N) is 1. The Morgan fingerprint density at radius 2 is 1.65 bits per heavy atom. The second kappa shape index (κ2) is 10.9. The van der Waals surface area contributed by atoms with Crippen LogP contribution in [0, 0.1) is 6.92 Å². The molecule has 0 spiro atoms. The highest BCUT2D eigenvalue weighted by atomic mass is 32.2. The molecule has 0 saturated carbocycles. The number of thioether (sulfide) groups is 1. The highest BCUT2D eigenvalue weighted by molar-refractivity contribution is 8.02. The van der Waals surface area contributed by atoms with Crippen LogP contribution in [-0.2, 0) is 4.79 Å². The molecule has 3 aromatic rings. The molecular formula is C22H23N3O4S2. The lowest BCUT2D eigenvalue weighted by Crippen LogP contribution is -2.14. The number of aryl methyl sites for hydroxylation is 1. The van der Waals surface area contributed by atoms with Crippen LogP contribution in [0.1, 0.15) is 5.56 Å². The van der Waals surface area contributed by atoms with Gasteiger partial charge in [0, 0.05) is 35.1 Å². The molecule has 1 N–H and O–H groups in total. The van der Waals surface area contributed by atoms with Gasteiger partial charge < -0.3 is 19.5 Å². The Bertz CT molecular complexity index is 1040. The summed E-state index contributed by atoms with van der Waals surface area (Å²) in [5.41, 5.74) is 1.72. The number of hydrogen-bond donors (Lipinski definition) is 1. The fourth-order valence-corrected chi connectivity index (χ4v) is 4.58. The smallest absolute Gasteiger partial charge is 0.234 e. The zero-order valence-electron chi connectivity index (χ0n) is 17.7. The Labute approximate surface area is 189 Å². The molecule has 0 aliphatic rings. The first-order valence-corrected chi connectivity index (χ1v) is 11.1. The van der Waals surface area contributed by atoms with Crippen molar-refractivity contribution in [2.45, 2.75) is 21.9 Å². The molecule has 0 aliphatic heterocycles. The second-order valence-corrected chi connectivity index (χ2v) is 8.36. The number of benzene rings is 2. The lowest BCUT2D eigenvalue weighted by atomic mass is 10.2. The largest absolute Gasteiger partial charge is 0.493 e. The van der Waals surface area contributed by atoms with E-state index in [9.17, 15) is 4.79 Å². The van der Waals surface area contributed by atoms with Crippen LogP contribution < -0.4 is 19.5 Å². The first kappa shape index (κ1) is 22.8. The fraction of sp³-hybridized carbons (Fsp3) is 0.227. The van der Waals surface area contributed by atoms with E-state index >= 15 is 0 Å². The van der Waals surface area contributed by atoms with Gasteiger partial charge in [-0.3, -0.25) is 4.79 Å². The van der Waals surface area contributed by atoms with E-state index in [1.54, 1.807) is 24.5 Å². The third kappa shape index (κ3) is 6.05. The highest BCUT2D eigenvalue weighted by Gasteiger charge is 2.15. The maximum atomic E-state index is 12.6. The van der Waals surface area contributed by atoms with Crippen LogP contribution in [0.5, 0.6) is 17.2 Å². The summed E-state index contributed by atoms with van der Waals surface area (Å²) in [6.07, 6.45) is 3.28. The molecule has 0 radical (unpaired) electrons. The third-order valence-electron chi connectivity index (χ3n) is 4.13. The summed E-state index contributed by atoms with van der Waals surface area (Å²) in [5, 5.41) is 4.32. The van der Waals surface area contributed by atoms with Gasteiger partial charge in [-0.05, 0) is 19.1 Å². The molecule has 1 heterocycles. The number of methoxy groups -OCH3 is 3. The van der Waals surface area contributed by atoms with E-state index in [4.69, 9.17) is 14.2 Å². The Morgan fingerprint density at radius 3 is 2.26 bits per heavy atom. The minimum atomic E-state index is -0.184. The fourth-order valence-electron chi connectivity index (χ4n) is 2.76. The van der Waals surface area contributed by atoms with Gasteiger partial charge in [-0.15, -0.1) is 0 Å². The number of anilines is 1. The molecule has 0 bridgehead atoms. The maximum Gasteiger partial charge on any atom is 0.234 e. The predicted molar refractivity (Wildman–Crippen MR) is 123 cm³/mol. The summed E-state index contributed by atoms with van der Waals surface area (Å²) in [4.78, 5) is 22.5. The number of nitrogens with zero attached hydrogens (tertiary/aromatic N) is 2. The number of ether oxygens (including phenoxy) is 3. The van der Waals surface area contributed by atoms with Gasteiger partial charge >= 0.3 is 0 Å². The standard InChI is InChI=1S/C22H23N3O4S2/c1-14-6-5-7-16(10-14)31-22-21(23-8-9-24-22)30-13-19(26)25-15-11-17(27-2)20(29-4)18(12-15)28-3/h5-12H,13H2,1-4H3,(H,25,26). The number of carbonyl (C=O) groups excluding carboxylic acids is 1. The van der Waals surface area contributed by atoms with Crippen LogP contribution in [0.3, 0.4) is 0 Å². The molecule has 162 valence electrons. The second-order valence-electron chi connectivity index (χ2n) is 6.34. The summed E-state index contributed by atoms with van der Waals surface area (Å²) in [5.74, 6) is 1.40. The maximum absolute atomic E-state index is 12.6. The molecular weight excluding hydrogens is 434 g/mol. The first-order chi connectivity index (χ1) is 15.0. The third-order valence-corrected chi connectivity index (χ3v) is 6.22. The van der Waals surface area contributed by atoms with E-state index < -0.39 is 0 Å². The van der Waals surface area contributed by atoms with Gasteiger partial charge in [-0.1, -0.05) is 41.2 Å². The quantitative estimate of drug-likeness (QED) is 0.463. The van der Waals surface area contributed by atoms with E-state index in [2.05, 4.69) is 21.4 Å². The van der Waals surface area contributed by atoms with Gasteiger partial charge in [0.05, 0.1) is 27.1 Å². The molecule has 9 heteroatoms. The van der Waals surface area contributed by atoms with E-state index in [-0.39, 0.29) is 11.7 Å². The number of carbonyl (C=O) groups is 1. The van der Waals surface area contributed by atoms with Crippen molar-refractivity contribution in [3.05, 3.63) is 54.4 Å². The van der Waals surface area contributed by atoms with Crippen molar-refractivity contribution in [3.8, 4) is 17.2 Å². The molecule has 0 unspecified atom stereocenters. The van der Waals surface area contributed by atoms with Gasteiger partial charge in [0.1, 0.15) is 10.1 Å². The molecule has 0 aliphatic carbocycles. The summed E-state index contributed by atoms with van der Waals surface area (Å²) >= 11 is 2.86. The van der Waals surface area contributed by atoms with Crippen molar-refractivity contribution in [3.63, 3.8) is 0 Å². The molecule has 0 saturated heterocycles. The Kier molecular flexibility index (Phi) is 8.02. The lowest BCUT2D eigenvalue weighted by molar-refractivity contribution is -0.113. The van der Waals surface area contributed by atoms with Crippen molar-refractivity contribution >= 4 is 35.1 Å². The number of aromatic nitrogens is 2. The normalized spacial score (nSPS) is 10.5. The molecule has 0 fully saturated rings. The van der Waals surface area contributed by atoms with Crippen LogP contribution >= 0.6 is 23.5 Å². The van der Waals surface area contributed by atoms with E-state index in [1.165, 1.54) is 50.4 Å². The number of rotatable bonds is 9. The van der Waals surface area contributed by atoms with Gasteiger partial charge in [0.2, 0.25) is 11.7 Å². The SMILES string of the molecule is COc1cc(NC(=O)CSc2nccnc2Sc2cccc(C)c2)cc(OC)c1OC. The lowest BCUT2D eigenvalue weighted by Gasteiger charge is -2.14. The Balaban J connectivity index is 1.68. The highest BCUT2D eigenvalue weighted by Crippen LogP contribution is 2.40. The van der Waals surface area contributed by atoms with Gasteiger partial charge in [-0.2, -0.15) is 0 Å². The zero-order valence-corrected chi connectivity index (χ0v) is 19.3. The van der Waals surface area contributed by atoms with Crippen molar-refractivity contribution in [1.82, 2.24) is 9.97 Å². The summed E-state index contributed by atoms with van der Waals surface area (Å²) < 4.78 is 16.0. The molecule has 2 aromatic carbocycles. The van der Waals surface area contributed by atoms with Crippen molar-refractivity contribution in [2.24, 2.45) is 0 Å².